The van der Waals surface area contributed by atoms with E-state index in [4.69, 9.17) is 10.00 Å². The molecule has 2 aliphatic rings. The molecule has 2 aromatic rings. The number of para-hydroxylation sites is 1. The quantitative estimate of drug-likeness (QED) is 0.696. The van der Waals surface area contributed by atoms with Crippen LogP contribution < -0.4 is 9.64 Å². The molecule has 0 saturated heterocycles. The Morgan fingerprint density at radius 3 is 2.48 bits per heavy atom. The number of ketones is 1. The third-order valence-electron chi connectivity index (χ3n) is 5.99. The van der Waals surface area contributed by atoms with Gasteiger partial charge in [0.1, 0.15) is 5.75 Å². The van der Waals surface area contributed by atoms with Gasteiger partial charge in [-0.05, 0) is 49.1 Å². The highest BCUT2D eigenvalue weighted by molar-refractivity contribution is 6.08. The van der Waals surface area contributed by atoms with Crippen LogP contribution in [0.5, 0.6) is 5.75 Å². The third kappa shape index (κ3) is 3.86. The summed E-state index contributed by atoms with van der Waals surface area (Å²) in [6, 6.07) is 16.8. The molecule has 0 spiro atoms. The van der Waals surface area contributed by atoms with E-state index in [2.05, 4.69) is 19.9 Å². The van der Waals surface area contributed by atoms with Gasteiger partial charge in [0.15, 0.2) is 5.78 Å². The standard InChI is InChI=1S/C26H26N2O3/c1-4-31-23-8-6-5-7-19(23)20-13-24(30)28(18-11-9-17(16-27)10-12-18)21-14-26(2,3)15-22(29)25(20)21/h5-12,20H,4,13-15H2,1-3H3. The van der Waals surface area contributed by atoms with Crippen LogP contribution in [0.1, 0.15) is 57.1 Å². The number of nitriles is 1. The van der Waals surface area contributed by atoms with Gasteiger partial charge < -0.3 is 4.74 Å². The second-order valence-corrected chi connectivity index (χ2v) is 8.92. The predicted molar refractivity (Wildman–Crippen MR) is 119 cm³/mol. The Morgan fingerprint density at radius 1 is 1.10 bits per heavy atom. The van der Waals surface area contributed by atoms with E-state index in [0.717, 1.165) is 22.6 Å². The van der Waals surface area contributed by atoms with E-state index < -0.39 is 0 Å². The molecule has 1 aliphatic carbocycles. The number of anilines is 1. The number of carbonyl (C=O) groups is 2. The Hall–Kier alpha value is -3.39. The SMILES string of the molecule is CCOc1ccccc1C1CC(=O)N(c2ccc(C#N)cc2)C2=C1C(=O)CC(C)(C)C2. The zero-order valence-corrected chi connectivity index (χ0v) is 18.1. The minimum atomic E-state index is -0.316. The maximum atomic E-state index is 13.4. The number of hydrogen-bond acceptors (Lipinski definition) is 4. The second-order valence-electron chi connectivity index (χ2n) is 8.92. The van der Waals surface area contributed by atoms with Crippen LogP contribution in [0.15, 0.2) is 59.8 Å². The average molecular weight is 415 g/mol. The van der Waals surface area contributed by atoms with Gasteiger partial charge in [0, 0.05) is 41.3 Å². The Bertz CT molecular complexity index is 1110. The number of hydrogen-bond donors (Lipinski definition) is 0. The number of Topliss-reactive ketones (excluding diaryl/α,β-unsaturated/α-hetero) is 1. The van der Waals surface area contributed by atoms with Gasteiger partial charge in [-0.25, -0.2) is 0 Å². The summed E-state index contributed by atoms with van der Waals surface area (Å²) >= 11 is 0. The maximum Gasteiger partial charge on any atom is 0.232 e. The molecule has 0 aromatic heterocycles. The minimum Gasteiger partial charge on any atom is -0.494 e. The fourth-order valence-corrected chi connectivity index (χ4v) is 4.72. The van der Waals surface area contributed by atoms with E-state index in [1.54, 1.807) is 29.2 Å². The van der Waals surface area contributed by atoms with Gasteiger partial charge in [0.2, 0.25) is 5.91 Å². The first kappa shape index (κ1) is 20.9. The molecule has 31 heavy (non-hydrogen) atoms. The number of allylic oxidation sites excluding steroid dienone is 2. The molecule has 1 aliphatic heterocycles. The Kier molecular flexibility index (Phi) is 5.41. The molecule has 0 bridgehead atoms. The molecule has 2 aromatic carbocycles. The van der Waals surface area contributed by atoms with E-state index in [-0.39, 0.29) is 29.4 Å². The molecule has 0 N–H and O–H groups in total. The zero-order chi connectivity index (χ0) is 22.2. The fourth-order valence-electron chi connectivity index (χ4n) is 4.72. The van der Waals surface area contributed by atoms with Crippen LogP contribution in [0.25, 0.3) is 0 Å². The number of carbonyl (C=O) groups excluding carboxylic acids is 2. The topological polar surface area (TPSA) is 70.4 Å². The van der Waals surface area contributed by atoms with E-state index in [1.807, 2.05) is 31.2 Å². The van der Waals surface area contributed by atoms with E-state index in [9.17, 15) is 9.59 Å². The van der Waals surface area contributed by atoms with E-state index in [0.29, 0.717) is 30.7 Å². The van der Waals surface area contributed by atoms with Crippen molar-refractivity contribution in [2.75, 3.05) is 11.5 Å². The van der Waals surface area contributed by atoms with Gasteiger partial charge in [0.05, 0.1) is 18.2 Å². The first-order valence-electron chi connectivity index (χ1n) is 10.7. The molecule has 5 heteroatoms. The van der Waals surface area contributed by atoms with Crippen molar-refractivity contribution in [1.29, 1.82) is 5.26 Å². The summed E-state index contributed by atoms with van der Waals surface area (Å²) in [5.74, 6) is 0.446. The van der Waals surface area contributed by atoms with Gasteiger partial charge in [-0.15, -0.1) is 0 Å². The van der Waals surface area contributed by atoms with Crippen LogP contribution in [-0.4, -0.2) is 18.3 Å². The van der Waals surface area contributed by atoms with E-state index >= 15 is 0 Å². The minimum absolute atomic E-state index is 0.0507. The van der Waals surface area contributed by atoms with Crippen molar-refractivity contribution in [1.82, 2.24) is 0 Å². The lowest BCUT2D eigenvalue weighted by Gasteiger charge is -2.43. The summed E-state index contributed by atoms with van der Waals surface area (Å²) in [4.78, 5) is 28.5. The third-order valence-corrected chi connectivity index (χ3v) is 5.99. The Balaban J connectivity index is 1.89. The lowest BCUT2D eigenvalue weighted by molar-refractivity contribution is -0.121. The first-order valence-corrected chi connectivity index (χ1v) is 10.7. The number of ether oxygens (including phenoxy) is 1. The number of benzene rings is 2. The molecule has 158 valence electrons. The molecule has 5 nitrogen and oxygen atoms in total. The van der Waals surface area contributed by atoms with Crippen molar-refractivity contribution >= 4 is 17.4 Å². The number of amides is 1. The monoisotopic (exact) mass is 414 g/mol. The highest BCUT2D eigenvalue weighted by Gasteiger charge is 2.44. The number of nitrogens with zero attached hydrogens (tertiary/aromatic N) is 2. The van der Waals surface area contributed by atoms with Crippen molar-refractivity contribution in [3.05, 3.63) is 70.9 Å². The van der Waals surface area contributed by atoms with Crippen LogP contribution in [0, 0.1) is 16.7 Å². The second kappa shape index (κ2) is 8.03. The highest BCUT2D eigenvalue weighted by Crippen LogP contribution is 2.49. The average Bonchev–Trinajstić information content (AvgIpc) is 2.73. The molecule has 0 radical (unpaired) electrons. The molecule has 1 unspecified atom stereocenters. The Morgan fingerprint density at radius 2 is 1.81 bits per heavy atom. The smallest absolute Gasteiger partial charge is 0.232 e. The van der Waals surface area contributed by atoms with Gasteiger partial charge in [-0.2, -0.15) is 5.26 Å². The lowest BCUT2D eigenvalue weighted by Crippen LogP contribution is -2.43. The predicted octanol–water partition coefficient (Wildman–Crippen LogP) is 5.12. The molecule has 1 amide bonds. The normalized spacial score (nSPS) is 20.3. The summed E-state index contributed by atoms with van der Waals surface area (Å²) in [6.45, 7) is 6.57. The van der Waals surface area contributed by atoms with Crippen molar-refractivity contribution in [3.8, 4) is 11.8 Å². The van der Waals surface area contributed by atoms with Crippen LogP contribution in [-0.2, 0) is 9.59 Å². The summed E-state index contributed by atoms with van der Waals surface area (Å²) < 4.78 is 5.83. The molecule has 4 rings (SSSR count). The van der Waals surface area contributed by atoms with Crippen LogP contribution in [0.2, 0.25) is 0 Å². The van der Waals surface area contributed by atoms with Crippen LogP contribution in [0.3, 0.4) is 0 Å². The molecular weight excluding hydrogens is 388 g/mol. The molecule has 0 fully saturated rings. The maximum absolute atomic E-state index is 13.4. The van der Waals surface area contributed by atoms with Gasteiger partial charge in [-0.1, -0.05) is 32.0 Å². The summed E-state index contributed by atoms with van der Waals surface area (Å²) in [5.41, 5.74) is 3.37. The van der Waals surface area contributed by atoms with Crippen molar-refractivity contribution in [2.45, 2.75) is 46.0 Å². The summed E-state index contributed by atoms with van der Waals surface area (Å²) in [6.07, 6.45) is 1.29. The van der Waals surface area contributed by atoms with Crippen molar-refractivity contribution in [2.24, 2.45) is 5.41 Å². The van der Waals surface area contributed by atoms with Crippen molar-refractivity contribution in [3.63, 3.8) is 0 Å². The van der Waals surface area contributed by atoms with E-state index in [1.165, 1.54) is 0 Å². The van der Waals surface area contributed by atoms with Gasteiger partial charge >= 0.3 is 0 Å². The summed E-state index contributed by atoms with van der Waals surface area (Å²) in [5, 5.41) is 9.12. The Labute approximate surface area is 182 Å². The van der Waals surface area contributed by atoms with Crippen LogP contribution >= 0.6 is 0 Å². The lowest BCUT2D eigenvalue weighted by atomic mass is 9.69. The highest BCUT2D eigenvalue weighted by atomic mass is 16.5. The van der Waals surface area contributed by atoms with Crippen LogP contribution in [0.4, 0.5) is 5.69 Å². The molecule has 1 atom stereocenters. The molecule has 0 saturated carbocycles. The summed E-state index contributed by atoms with van der Waals surface area (Å²) in [7, 11) is 0. The molecule has 1 heterocycles. The fraction of sp³-hybridized carbons (Fsp3) is 0.346. The van der Waals surface area contributed by atoms with Gasteiger partial charge in [-0.3, -0.25) is 14.5 Å². The number of rotatable bonds is 4. The van der Waals surface area contributed by atoms with Crippen molar-refractivity contribution < 1.29 is 14.3 Å². The van der Waals surface area contributed by atoms with Gasteiger partial charge in [0.25, 0.3) is 0 Å². The zero-order valence-electron chi connectivity index (χ0n) is 18.1. The molecular formula is C26H26N2O3. The first-order chi connectivity index (χ1) is 14.8. The largest absolute Gasteiger partial charge is 0.494 e.